The van der Waals surface area contributed by atoms with Crippen molar-refractivity contribution >= 4 is 11.6 Å². The van der Waals surface area contributed by atoms with Crippen molar-refractivity contribution in [2.75, 3.05) is 5.88 Å². The molecule has 0 spiro atoms. The van der Waals surface area contributed by atoms with E-state index in [1.165, 1.54) is 12.1 Å². The van der Waals surface area contributed by atoms with Gasteiger partial charge < -0.3 is 5.32 Å². The summed E-state index contributed by atoms with van der Waals surface area (Å²) in [6.45, 7) is 2.56. The van der Waals surface area contributed by atoms with E-state index in [-0.39, 0.29) is 11.4 Å². The largest absolute Gasteiger partial charge is 0.306 e. The monoisotopic (exact) mass is 287 g/mol. The summed E-state index contributed by atoms with van der Waals surface area (Å²) in [6, 6.07) is 3.55. The third kappa shape index (κ3) is 3.67. The molecule has 1 aliphatic rings. The Kier molecular flexibility index (Phi) is 4.80. The number of alkyl halides is 1. The van der Waals surface area contributed by atoms with E-state index in [9.17, 15) is 8.78 Å². The minimum absolute atomic E-state index is 0.132. The quantitative estimate of drug-likeness (QED) is 0.817. The van der Waals surface area contributed by atoms with Crippen LogP contribution in [0.3, 0.4) is 0 Å². The summed E-state index contributed by atoms with van der Waals surface area (Å²) < 4.78 is 26.7. The Morgan fingerprint density at radius 2 is 2.00 bits per heavy atom. The smallest absolute Gasteiger partial charge is 0.127 e. The van der Waals surface area contributed by atoms with Gasteiger partial charge >= 0.3 is 0 Å². The van der Waals surface area contributed by atoms with Crippen molar-refractivity contribution in [3.63, 3.8) is 0 Å². The molecule has 0 bridgehead atoms. The first kappa shape index (κ1) is 14.7. The van der Waals surface area contributed by atoms with E-state index in [2.05, 4.69) is 12.2 Å². The summed E-state index contributed by atoms with van der Waals surface area (Å²) in [5.74, 6) is 0.457. The summed E-state index contributed by atoms with van der Waals surface area (Å²) in [6.07, 6.45) is 4.25. The Bertz CT molecular complexity index is 428. The molecular formula is C15H20ClF2N. The highest BCUT2D eigenvalue weighted by molar-refractivity contribution is 6.18. The topological polar surface area (TPSA) is 12.0 Å². The molecule has 0 radical (unpaired) electrons. The number of halogens is 3. The molecular weight excluding hydrogens is 268 g/mol. The molecule has 0 atom stereocenters. The molecule has 1 aromatic rings. The number of hydrogen-bond donors (Lipinski definition) is 1. The first-order chi connectivity index (χ1) is 9.04. The van der Waals surface area contributed by atoms with Crippen molar-refractivity contribution in [2.45, 2.75) is 44.7 Å². The second kappa shape index (κ2) is 6.19. The summed E-state index contributed by atoms with van der Waals surface area (Å²) in [5.41, 5.74) is 0.232. The fraction of sp³-hybridized carbons (Fsp3) is 0.600. The Hall–Kier alpha value is -0.670. The van der Waals surface area contributed by atoms with E-state index in [0.717, 1.165) is 37.7 Å². The van der Waals surface area contributed by atoms with E-state index in [4.69, 9.17) is 11.6 Å². The lowest BCUT2D eigenvalue weighted by Crippen LogP contribution is -2.49. The normalized spacial score (nSPS) is 27.5. The zero-order chi connectivity index (χ0) is 13.9. The molecule has 106 valence electrons. The van der Waals surface area contributed by atoms with Gasteiger partial charge in [-0.15, -0.1) is 11.6 Å². The van der Waals surface area contributed by atoms with Crippen LogP contribution in [0.1, 0.15) is 38.2 Å². The van der Waals surface area contributed by atoms with E-state index >= 15 is 0 Å². The van der Waals surface area contributed by atoms with Crippen LogP contribution in [-0.2, 0) is 6.54 Å². The van der Waals surface area contributed by atoms with Gasteiger partial charge in [0.25, 0.3) is 0 Å². The van der Waals surface area contributed by atoms with Gasteiger partial charge in [0.15, 0.2) is 0 Å². The van der Waals surface area contributed by atoms with Crippen molar-refractivity contribution < 1.29 is 8.78 Å². The molecule has 0 aromatic heterocycles. The first-order valence-electron chi connectivity index (χ1n) is 6.79. The van der Waals surface area contributed by atoms with Crippen LogP contribution in [0.2, 0.25) is 0 Å². The first-order valence-corrected chi connectivity index (χ1v) is 7.33. The van der Waals surface area contributed by atoms with Crippen LogP contribution in [0, 0.1) is 17.6 Å². The maximum absolute atomic E-state index is 13.6. The van der Waals surface area contributed by atoms with Crippen molar-refractivity contribution in [3.05, 3.63) is 35.4 Å². The van der Waals surface area contributed by atoms with E-state index in [0.29, 0.717) is 18.0 Å². The van der Waals surface area contributed by atoms with Crippen LogP contribution >= 0.6 is 11.6 Å². The highest BCUT2D eigenvalue weighted by atomic mass is 35.5. The maximum atomic E-state index is 13.6. The minimum atomic E-state index is -0.407. The van der Waals surface area contributed by atoms with Crippen molar-refractivity contribution in [3.8, 4) is 0 Å². The van der Waals surface area contributed by atoms with Crippen LogP contribution in [0.4, 0.5) is 8.78 Å². The predicted octanol–water partition coefficient (Wildman–Crippen LogP) is 4.24. The molecule has 0 saturated heterocycles. The summed E-state index contributed by atoms with van der Waals surface area (Å²) in [5, 5.41) is 3.35. The fourth-order valence-corrected chi connectivity index (χ4v) is 3.00. The van der Waals surface area contributed by atoms with Gasteiger partial charge in [0.2, 0.25) is 0 Å². The highest BCUT2D eigenvalue weighted by Gasteiger charge is 2.32. The van der Waals surface area contributed by atoms with Gasteiger partial charge in [-0.05, 0) is 49.8 Å². The van der Waals surface area contributed by atoms with Gasteiger partial charge in [-0.2, -0.15) is 0 Å². The third-order valence-electron chi connectivity index (χ3n) is 4.15. The molecule has 0 amide bonds. The Balaban J connectivity index is 2.01. The zero-order valence-corrected chi connectivity index (χ0v) is 11.9. The lowest BCUT2D eigenvalue weighted by atomic mass is 9.78. The molecule has 1 fully saturated rings. The number of benzene rings is 1. The van der Waals surface area contributed by atoms with E-state index in [1.54, 1.807) is 0 Å². The third-order valence-corrected chi connectivity index (χ3v) is 4.66. The van der Waals surface area contributed by atoms with Gasteiger partial charge in [0.05, 0.1) is 0 Å². The van der Waals surface area contributed by atoms with Gasteiger partial charge in [-0.1, -0.05) is 6.92 Å². The SMILES string of the molecule is CC1CCC(CCl)(NCc2cc(F)ccc2F)CC1. The standard InChI is InChI=1S/C15H20ClF2N/c1-11-4-6-15(10-16,7-5-11)19-9-12-8-13(17)2-3-14(12)18/h2-3,8,11,19H,4-7,9-10H2,1H3. The lowest BCUT2D eigenvalue weighted by Gasteiger charge is -2.39. The van der Waals surface area contributed by atoms with Gasteiger partial charge in [-0.25, -0.2) is 8.78 Å². The molecule has 0 unspecified atom stereocenters. The maximum Gasteiger partial charge on any atom is 0.127 e. The average molecular weight is 288 g/mol. The average Bonchev–Trinajstić information content (AvgIpc) is 2.42. The van der Waals surface area contributed by atoms with Crippen LogP contribution in [0.15, 0.2) is 18.2 Å². The van der Waals surface area contributed by atoms with Gasteiger partial charge in [-0.3, -0.25) is 0 Å². The highest BCUT2D eigenvalue weighted by Crippen LogP contribution is 2.33. The molecule has 0 aliphatic heterocycles. The van der Waals surface area contributed by atoms with Gasteiger partial charge in [0.1, 0.15) is 11.6 Å². The molecule has 19 heavy (non-hydrogen) atoms. The van der Waals surface area contributed by atoms with E-state index < -0.39 is 5.82 Å². The molecule has 4 heteroatoms. The number of nitrogens with one attached hydrogen (secondary N) is 1. The molecule has 1 aliphatic carbocycles. The van der Waals surface area contributed by atoms with Crippen molar-refractivity contribution in [1.29, 1.82) is 0 Å². The fourth-order valence-electron chi connectivity index (χ4n) is 2.63. The molecule has 1 N–H and O–H groups in total. The summed E-state index contributed by atoms with van der Waals surface area (Å²) >= 11 is 6.09. The van der Waals surface area contributed by atoms with Crippen LogP contribution < -0.4 is 5.32 Å². The van der Waals surface area contributed by atoms with Crippen molar-refractivity contribution in [1.82, 2.24) is 5.32 Å². The molecule has 0 heterocycles. The molecule has 2 rings (SSSR count). The second-order valence-corrected chi connectivity index (χ2v) is 5.95. The van der Waals surface area contributed by atoms with Crippen LogP contribution in [-0.4, -0.2) is 11.4 Å². The second-order valence-electron chi connectivity index (χ2n) is 5.69. The van der Waals surface area contributed by atoms with Crippen LogP contribution in [0.25, 0.3) is 0 Å². The lowest BCUT2D eigenvalue weighted by molar-refractivity contribution is 0.215. The Morgan fingerprint density at radius 1 is 1.32 bits per heavy atom. The summed E-state index contributed by atoms with van der Waals surface area (Å²) in [7, 11) is 0. The van der Waals surface area contributed by atoms with Gasteiger partial charge in [0, 0.05) is 23.5 Å². The van der Waals surface area contributed by atoms with Crippen molar-refractivity contribution in [2.24, 2.45) is 5.92 Å². The minimum Gasteiger partial charge on any atom is -0.306 e. The molecule has 1 saturated carbocycles. The number of rotatable bonds is 4. The summed E-state index contributed by atoms with van der Waals surface area (Å²) in [4.78, 5) is 0. The van der Waals surface area contributed by atoms with E-state index in [1.807, 2.05) is 0 Å². The Labute approximate surface area is 118 Å². The molecule has 1 nitrogen and oxygen atoms in total. The zero-order valence-electron chi connectivity index (χ0n) is 11.2. The number of hydrogen-bond acceptors (Lipinski definition) is 1. The van der Waals surface area contributed by atoms with Crippen LogP contribution in [0.5, 0.6) is 0 Å². The Morgan fingerprint density at radius 3 is 2.63 bits per heavy atom. The molecule has 1 aromatic carbocycles. The predicted molar refractivity (Wildman–Crippen MR) is 74.3 cm³/mol.